The fourth-order valence-corrected chi connectivity index (χ4v) is 3.71. The number of amides is 2. The lowest BCUT2D eigenvalue weighted by Gasteiger charge is -2.18. The van der Waals surface area contributed by atoms with Gasteiger partial charge in [0.25, 0.3) is 5.91 Å². The maximum absolute atomic E-state index is 13.0. The van der Waals surface area contributed by atoms with E-state index < -0.39 is 0 Å². The first kappa shape index (κ1) is 20.7. The summed E-state index contributed by atoms with van der Waals surface area (Å²) >= 11 is 0. The Morgan fingerprint density at radius 3 is 2.42 bits per heavy atom. The molecule has 0 radical (unpaired) electrons. The van der Waals surface area contributed by atoms with Crippen LogP contribution in [0.4, 0.5) is 5.69 Å². The van der Waals surface area contributed by atoms with Gasteiger partial charge in [0.05, 0.1) is 0 Å². The highest BCUT2D eigenvalue weighted by molar-refractivity contribution is 6.00. The first-order valence-electron chi connectivity index (χ1n) is 10.6. The van der Waals surface area contributed by atoms with Crippen LogP contribution < -0.4 is 10.2 Å². The summed E-state index contributed by atoms with van der Waals surface area (Å²) in [5, 5.41) is 2.94. The summed E-state index contributed by atoms with van der Waals surface area (Å²) in [5.74, 6) is 0.596. The maximum Gasteiger partial charge on any atom is 0.251 e. The van der Waals surface area contributed by atoms with Gasteiger partial charge in [-0.3, -0.25) is 9.59 Å². The zero-order valence-corrected chi connectivity index (χ0v) is 17.9. The molecule has 6 heteroatoms. The van der Waals surface area contributed by atoms with Crippen LogP contribution in [-0.2, 0) is 17.8 Å². The zero-order valence-electron chi connectivity index (χ0n) is 17.9. The van der Waals surface area contributed by atoms with Crippen molar-refractivity contribution >= 4 is 17.5 Å². The van der Waals surface area contributed by atoms with Gasteiger partial charge in [-0.2, -0.15) is 0 Å². The molecule has 6 nitrogen and oxygen atoms in total. The van der Waals surface area contributed by atoms with Crippen molar-refractivity contribution in [3.05, 3.63) is 77.4 Å². The van der Waals surface area contributed by atoms with Gasteiger partial charge in [-0.05, 0) is 54.7 Å². The second kappa shape index (κ2) is 9.08. The fraction of sp³-hybridized carbons (Fsp3) is 0.280. The van der Waals surface area contributed by atoms with Crippen molar-refractivity contribution in [2.75, 3.05) is 11.4 Å². The Bertz CT molecular complexity index is 1090. The highest BCUT2D eigenvalue weighted by Gasteiger charge is 2.23. The molecule has 31 heavy (non-hydrogen) atoms. The largest absolute Gasteiger partial charge is 0.348 e. The smallest absolute Gasteiger partial charge is 0.251 e. The third-order valence-electron chi connectivity index (χ3n) is 5.55. The van der Waals surface area contributed by atoms with E-state index in [1.54, 1.807) is 23.4 Å². The van der Waals surface area contributed by atoms with E-state index in [0.29, 0.717) is 30.9 Å². The minimum atomic E-state index is -0.194. The molecule has 3 aromatic rings. The Balaban J connectivity index is 1.63. The van der Waals surface area contributed by atoms with E-state index in [4.69, 9.17) is 0 Å². The van der Waals surface area contributed by atoms with E-state index in [9.17, 15) is 9.59 Å². The van der Waals surface area contributed by atoms with Gasteiger partial charge in [-0.15, -0.1) is 0 Å². The lowest BCUT2D eigenvalue weighted by molar-refractivity contribution is -0.117. The molecule has 1 N–H and O–H groups in total. The molecule has 0 spiro atoms. The number of carbonyl (C=O) groups excluding carboxylic acids is 2. The van der Waals surface area contributed by atoms with E-state index in [0.717, 1.165) is 35.2 Å². The van der Waals surface area contributed by atoms with Gasteiger partial charge in [0, 0.05) is 48.7 Å². The van der Waals surface area contributed by atoms with Crippen molar-refractivity contribution < 1.29 is 9.59 Å². The molecule has 2 aromatic carbocycles. The molecular weight excluding hydrogens is 388 g/mol. The minimum Gasteiger partial charge on any atom is -0.348 e. The molecule has 4 rings (SSSR count). The molecule has 0 atom stereocenters. The number of carbonyl (C=O) groups is 2. The van der Waals surface area contributed by atoms with Gasteiger partial charge < -0.3 is 10.2 Å². The van der Waals surface area contributed by atoms with Crippen molar-refractivity contribution in [1.29, 1.82) is 0 Å². The summed E-state index contributed by atoms with van der Waals surface area (Å²) in [6, 6.07) is 14.0. The zero-order chi connectivity index (χ0) is 21.8. The quantitative estimate of drug-likeness (QED) is 0.660. The molecule has 0 aliphatic carbocycles. The van der Waals surface area contributed by atoms with Crippen LogP contribution in [0.25, 0.3) is 11.1 Å². The van der Waals surface area contributed by atoms with E-state index in [-0.39, 0.29) is 11.8 Å². The summed E-state index contributed by atoms with van der Waals surface area (Å²) in [6.45, 7) is 4.96. The third-order valence-corrected chi connectivity index (χ3v) is 5.55. The van der Waals surface area contributed by atoms with Crippen molar-refractivity contribution in [2.45, 2.75) is 39.7 Å². The van der Waals surface area contributed by atoms with Gasteiger partial charge in [0.2, 0.25) is 5.91 Å². The fourth-order valence-electron chi connectivity index (χ4n) is 3.71. The predicted octanol–water partition coefficient (Wildman–Crippen LogP) is 4.07. The molecule has 2 amide bonds. The number of anilines is 1. The molecule has 2 heterocycles. The van der Waals surface area contributed by atoms with E-state index >= 15 is 0 Å². The second-order valence-corrected chi connectivity index (χ2v) is 7.79. The Labute approximate surface area is 182 Å². The summed E-state index contributed by atoms with van der Waals surface area (Å²) in [4.78, 5) is 35.4. The van der Waals surface area contributed by atoms with Crippen LogP contribution in [-0.4, -0.2) is 28.3 Å². The Hall–Kier alpha value is -3.54. The predicted molar refractivity (Wildman–Crippen MR) is 121 cm³/mol. The van der Waals surface area contributed by atoms with Crippen LogP contribution in [0.1, 0.15) is 47.1 Å². The van der Waals surface area contributed by atoms with Crippen LogP contribution in [0.15, 0.2) is 54.9 Å². The number of nitrogens with zero attached hydrogens (tertiary/aromatic N) is 3. The van der Waals surface area contributed by atoms with Crippen LogP contribution in [0, 0.1) is 6.92 Å². The molecule has 1 saturated heterocycles. The molecule has 158 valence electrons. The van der Waals surface area contributed by atoms with Gasteiger partial charge >= 0.3 is 0 Å². The molecule has 1 aliphatic rings. The first-order chi connectivity index (χ1) is 15.0. The highest BCUT2D eigenvalue weighted by atomic mass is 16.2. The maximum atomic E-state index is 13.0. The summed E-state index contributed by atoms with van der Waals surface area (Å²) in [6.07, 6.45) is 5.78. The monoisotopic (exact) mass is 414 g/mol. The number of aryl methyl sites for hydroxylation is 2. The molecule has 0 bridgehead atoms. The van der Waals surface area contributed by atoms with Crippen molar-refractivity contribution in [3.8, 4) is 11.1 Å². The molecule has 0 saturated carbocycles. The topological polar surface area (TPSA) is 75.2 Å². The third kappa shape index (κ3) is 4.79. The number of aromatic nitrogens is 2. The summed E-state index contributed by atoms with van der Waals surface area (Å²) < 4.78 is 0. The van der Waals surface area contributed by atoms with Gasteiger partial charge in [-0.1, -0.05) is 31.2 Å². The van der Waals surface area contributed by atoms with Gasteiger partial charge in [-0.25, -0.2) is 9.97 Å². The highest BCUT2D eigenvalue weighted by Crippen LogP contribution is 2.30. The van der Waals surface area contributed by atoms with Crippen LogP contribution in [0.3, 0.4) is 0 Å². The molecular formula is C25H26N4O2. The molecule has 1 aromatic heterocycles. The number of benzene rings is 2. The average molecular weight is 415 g/mol. The number of hydrogen-bond donors (Lipinski definition) is 1. The number of hydrogen-bond acceptors (Lipinski definition) is 4. The molecule has 1 aliphatic heterocycles. The summed E-state index contributed by atoms with van der Waals surface area (Å²) in [5.41, 5.74) is 5.33. The van der Waals surface area contributed by atoms with E-state index in [2.05, 4.69) is 46.5 Å². The standard InChI is InChI=1S/C25H26N4O2/c1-3-18-6-8-20(9-7-18)21-11-22(13-23(12-21)29-10-4-5-24(29)30)25(31)28-16-19-14-26-17(2)27-15-19/h6-9,11-15H,3-5,10,16H2,1-2H3,(H,28,31). The second-order valence-electron chi connectivity index (χ2n) is 7.79. The number of nitrogens with one attached hydrogen (secondary N) is 1. The van der Waals surface area contributed by atoms with Crippen LogP contribution >= 0.6 is 0 Å². The molecule has 0 unspecified atom stereocenters. The van der Waals surface area contributed by atoms with Crippen molar-refractivity contribution in [2.24, 2.45) is 0 Å². The summed E-state index contributed by atoms with van der Waals surface area (Å²) in [7, 11) is 0. The lowest BCUT2D eigenvalue weighted by Crippen LogP contribution is -2.26. The average Bonchev–Trinajstić information content (AvgIpc) is 3.24. The number of rotatable bonds is 6. The molecule has 1 fully saturated rings. The van der Waals surface area contributed by atoms with Gasteiger partial charge in [0.1, 0.15) is 5.82 Å². The lowest BCUT2D eigenvalue weighted by atomic mass is 9.99. The van der Waals surface area contributed by atoms with Crippen molar-refractivity contribution in [3.63, 3.8) is 0 Å². The normalized spacial score (nSPS) is 13.5. The van der Waals surface area contributed by atoms with Crippen LogP contribution in [0.5, 0.6) is 0 Å². The van der Waals surface area contributed by atoms with E-state index in [1.165, 1.54) is 5.56 Å². The Kier molecular flexibility index (Phi) is 6.07. The van der Waals surface area contributed by atoms with Crippen LogP contribution in [0.2, 0.25) is 0 Å². The first-order valence-corrected chi connectivity index (χ1v) is 10.6. The Morgan fingerprint density at radius 1 is 1.03 bits per heavy atom. The SMILES string of the molecule is CCc1ccc(-c2cc(C(=O)NCc3cnc(C)nc3)cc(N3CCCC3=O)c2)cc1. The van der Waals surface area contributed by atoms with Crippen molar-refractivity contribution in [1.82, 2.24) is 15.3 Å². The van der Waals surface area contributed by atoms with E-state index in [1.807, 2.05) is 19.1 Å². The Morgan fingerprint density at radius 2 is 1.77 bits per heavy atom. The van der Waals surface area contributed by atoms with Gasteiger partial charge in [0.15, 0.2) is 0 Å². The minimum absolute atomic E-state index is 0.0987.